The summed E-state index contributed by atoms with van der Waals surface area (Å²) in [6, 6.07) is 8.26. The third-order valence-corrected chi connectivity index (χ3v) is 4.64. The molecule has 0 N–H and O–H groups in total. The van der Waals surface area contributed by atoms with E-state index in [1.807, 2.05) is 23.9 Å². The van der Waals surface area contributed by atoms with Crippen LogP contribution in [0.15, 0.2) is 24.3 Å². The van der Waals surface area contributed by atoms with Crippen molar-refractivity contribution in [3.05, 3.63) is 35.4 Å². The molecule has 0 unspecified atom stereocenters. The highest BCUT2D eigenvalue weighted by molar-refractivity contribution is 7.99. The van der Waals surface area contributed by atoms with Crippen molar-refractivity contribution in [2.24, 2.45) is 5.92 Å². The Balaban J connectivity index is 1.61. The molecular formula is C15H19NOS. The van der Waals surface area contributed by atoms with E-state index < -0.39 is 0 Å². The zero-order valence-corrected chi connectivity index (χ0v) is 11.4. The maximum absolute atomic E-state index is 11.9. The van der Waals surface area contributed by atoms with E-state index in [-0.39, 0.29) is 0 Å². The lowest BCUT2D eigenvalue weighted by Crippen LogP contribution is -2.31. The predicted octanol–water partition coefficient (Wildman–Crippen LogP) is 2.83. The molecule has 2 aliphatic rings. The number of benzene rings is 1. The fourth-order valence-electron chi connectivity index (χ4n) is 2.37. The van der Waals surface area contributed by atoms with Crippen LogP contribution >= 0.6 is 11.8 Å². The van der Waals surface area contributed by atoms with Gasteiger partial charge < -0.3 is 0 Å². The van der Waals surface area contributed by atoms with Crippen LogP contribution < -0.4 is 0 Å². The highest BCUT2D eigenvalue weighted by Gasteiger charge is 2.30. The van der Waals surface area contributed by atoms with Crippen LogP contribution in [0.25, 0.3) is 0 Å². The van der Waals surface area contributed by atoms with Crippen molar-refractivity contribution in [1.82, 2.24) is 4.90 Å². The number of carbonyl (C=O) groups excluding carboxylic acids is 1. The second kappa shape index (κ2) is 5.45. The SMILES string of the molecule is O=C(c1ccc(CN2CCSCC2)cc1)C1CC1. The molecule has 3 heteroatoms. The van der Waals surface area contributed by atoms with E-state index in [1.165, 1.54) is 30.2 Å². The highest BCUT2D eigenvalue weighted by Crippen LogP contribution is 2.32. The van der Waals surface area contributed by atoms with Gasteiger partial charge in [0.15, 0.2) is 5.78 Å². The van der Waals surface area contributed by atoms with Crippen LogP contribution in [0.5, 0.6) is 0 Å². The quantitative estimate of drug-likeness (QED) is 0.777. The second-order valence-electron chi connectivity index (χ2n) is 5.22. The van der Waals surface area contributed by atoms with Gasteiger partial charge >= 0.3 is 0 Å². The van der Waals surface area contributed by atoms with E-state index >= 15 is 0 Å². The van der Waals surface area contributed by atoms with Crippen LogP contribution in [-0.2, 0) is 6.54 Å². The average molecular weight is 261 g/mol. The molecule has 96 valence electrons. The molecule has 0 radical (unpaired) electrons. The Bertz CT molecular complexity index is 419. The molecule has 1 aromatic carbocycles. The molecule has 0 spiro atoms. The monoisotopic (exact) mass is 261 g/mol. The lowest BCUT2D eigenvalue weighted by atomic mass is 10.1. The van der Waals surface area contributed by atoms with Crippen LogP contribution in [0, 0.1) is 5.92 Å². The van der Waals surface area contributed by atoms with Crippen molar-refractivity contribution in [1.29, 1.82) is 0 Å². The fourth-order valence-corrected chi connectivity index (χ4v) is 3.35. The van der Waals surface area contributed by atoms with Gasteiger partial charge in [0.05, 0.1) is 0 Å². The molecule has 1 saturated heterocycles. The van der Waals surface area contributed by atoms with Gasteiger partial charge in [-0.25, -0.2) is 0 Å². The van der Waals surface area contributed by atoms with Crippen molar-refractivity contribution >= 4 is 17.5 Å². The zero-order valence-electron chi connectivity index (χ0n) is 10.6. The van der Waals surface area contributed by atoms with Crippen molar-refractivity contribution in [2.45, 2.75) is 19.4 Å². The first-order chi connectivity index (χ1) is 8.83. The average Bonchev–Trinajstić information content (AvgIpc) is 3.24. The predicted molar refractivity (Wildman–Crippen MR) is 76.1 cm³/mol. The maximum Gasteiger partial charge on any atom is 0.165 e. The summed E-state index contributed by atoms with van der Waals surface area (Å²) in [6.45, 7) is 3.40. The minimum absolute atomic E-state index is 0.329. The lowest BCUT2D eigenvalue weighted by Gasteiger charge is -2.26. The van der Waals surface area contributed by atoms with Gasteiger partial charge in [-0.2, -0.15) is 11.8 Å². The zero-order chi connectivity index (χ0) is 12.4. The smallest absolute Gasteiger partial charge is 0.165 e. The molecule has 2 nitrogen and oxygen atoms in total. The summed E-state index contributed by atoms with van der Waals surface area (Å²) >= 11 is 2.04. The van der Waals surface area contributed by atoms with Gasteiger partial charge in [-0.3, -0.25) is 9.69 Å². The van der Waals surface area contributed by atoms with E-state index in [9.17, 15) is 4.79 Å². The summed E-state index contributed by atoms with van der Waals surface area (Å²) in [4.78, 5) is 14.4. The van der Waals surface area contributed by atoms with Gasteiger partial charge in [-0.05, 0) is 18.4 Å². The number of thioether (sulfide) groups is 1. The van der Waals surface area contributed by atoms with E-state index in [0.29, 0.717) is 11.7 Å². The molecule has 0 aromatic heterocycles. The largest absolute Gasteiger partial charge is 0.297 e. The summed E-state index contributed by atoms with van der Waals surface area (Å²) < 4.78 is 0. The van der Waals surface area contributed by atoms with E-state index in [1.54, 1.807) is 0 Å². The molecule has 3 rings (SSSR count). The first-order valence-electron chi connectivity index (χ1n) is 6.76. The minimum Gasteiger partial charge on any atom is -0.297 e. The molecule has 0 amide bonds. The Morgan fingerprint density at radius 1 is 1.17 bits per heavy atom. The van der Waals surface area contributed by atoms with Gasteiger partial charge in [-0.15, -0.1) is 0 Å². The Kier molecular flexibility index (Phi) is 3.71. The molecule has 1 aliphatic heterocycles. The van der Waals surface area contributed by atoms with Crippen molar-refractivity contribution in [3.8, 4) is 0 Å². The Morgan fingerprint density at radius 2 is 1.83 bits per heavy atom. The van der Waals surface area contributed by atoms with Crippen LogP contribution in [0.4, 0.5) is 0 Å². The highest BCUT2D eigenvalue weighted by atomic mass is 32.2. The summed E-state index contributed by atoms with van der Waals surface area (Å²) in [6.07, 6.45) is 2.18. The summed E-state index contributed by atoms with van der Waals surface area (Å²) in [5.41, 5.74) is 2.23. The molecule has 1 aliphatic carbocycles. The van der Waals surface area contributed by atoms with E-state index in [4.69, 9.17) is 0 Å². The molecule has 0 atom stereocenters. The van der Waals surface area contributed by atoms with Gasteiger partial charge in [0.2, 0.25) is 0 Å². The Morgan fingerprint density at radius 3 is 2.44 bits per heavy atom. The Hall–Kier alpha value is -0.800. The fraction of sp³-hybridized carbons (Fsp3) is 0.533. The number of hydrogen-bond acceptors (Lipinski definition) is 3. The van der Waals surface area contributed by atoms with Crippen molar-refractivity contribution in [3.63, 3.8) is 0 Å². The van der Waals surface area contributed by atoms with Gasteiger partial charge in [-0.1, -0.05) is 24.3 Å². The first kappa shape index (κ1) is 12.2. The van der Waals surface area contributed by atoms with Crippen LogP contribution in [0.2, 0.25) is 0 Å². The van der Waals surface area contributed by atoms with Gasteiger partial charge in [0.25, 0.3) is 0 Å². The van der Waals surface area contributed by atoms with Crippen LogP contribution in [-0.4, -0.2) is 35.3 Å². The number of rotatable bonds is 4. The minimum atomic E-state index is 0.329. The van der Waals surface area contributed by atoms with Gasteiger partial charge in [0.1, 0.15) is 0 Å². The van der Waals surface area contributed by atoms with E-state index in [2.05, 4.69) is 17.0 Å². The third kappa shape index (κ3) is 2.96. The summed E-state index contributed by atoms with van der Waals surface area (Å²) in [5, 5.41) is 0. The molecular weight excluding hydrogens is 242 g/mol. The first-order valence-corrected chi connectivity index (χ1v) is 7.91. The van der Waals surface area contributed by atoms with E-state index in [0.717, 1.165) is 24.9 Å². The second-order valence-corrected chi connectivity index (χ2v) is 6.45. The summed E-state index contributed by atoms with van der Waals surface area (Å²) in [5.74, 6) is 3.17. The number of nitrogens with zero attached hydrogens (tertiary/aromatic N) is 1. The molecule has 1 aromatic rings. The normalized spacial score (nSPS) is 20.9. The number of carbonyl (C=O) groups is 1. The molecule has 1 heterocycles. The van der Waals surface area contributed by atoms with Gasteiger partial charge in [0, 0.05) is 42.6 Å². The standard InChI is InChI=1S/C15H19NOS/c17-15(14-5-6-14)13-3-1-12(2-4-13)11-16-7-9-18-10-8-16/h1-4,14H,5-11H2. The number of Topliss-reactive ketones (excluding diaryl/α,β-unsaturated/α-hetero) is 1. The lowest BCUT2D eigenvalue weighted by molar-refractivity contribution is 0.0967. The molecule has 2 fully saturated rings. The van der Waals surface area contributed by atoms with Crippen LogP contribution in [0.1, 0.15) is 28.8 Å². The van der Waals surface area contributed by atoms with Crippen LogP contribution in [0.3, 0.4) is 0 Å². The Labute approximate surface area is 113 Å². The molecule has 0 bridgehead atoms. The molecule has 1 saturated carbocycles. The summed E-state index contributed by atoms with van der Waals surface area (Å²) in [7, 11) is 0. The number of ketones is 1. The van der Waals surface area contributed by atoms with Crippen molar-refractivity contribution < 1.29 is 4.79 Å². The third-order valence-electron chi connectivity index (χ3n) is 3.70. The number of hydrogen-bond donors (Lipinski definition) is 0. The maximum atomic E-state index is 11.9. The van der Waals surface area contributed by atoms with Crippen molar-refractivity contribution in [2.75, 3.05) is 24.6 Å². The topological polar surface area (TPSA) is 20.3 Å². The molecule has 18 heavy (non-hydrogen) atoms.